The molecule has 0 amide bonds. The van der Waals surface area contributed by atoms with Gasteiger partial charge in [0.25, 0.3) is 0 Å². The Hall–Kier alpha value is -1.42. The van der Waals surface area contributed by atoms with E-state index < -0.39 is 8.24 Å². The minimum atomic E-state index is -2.18. The Morgan fingerprint density at radius 1 is 0.857 bits per heavy atom. The van der Waals surface area contributed by atoms with Crippen molar-refractivity contribution in [1.82, 2.24) is 4.98 Å². The van der Waals surface area contributed by atoms with E-state index in [0.717, 1.165) is 0 Å². The summed E-state index contributed by atoms with van der Waals surface area (Å²) in [5, 5.41) is 12.2. The molecule has 0 aliphatic rings. The highest BCUT2D eigenvalue weighted by Crippen LogP contribution is 2.33. The molecule has 2 N–H and O–H groups in total. The maximum atomic E-state index is 9.35. The van der Waals surface area contributed by atoms with Crippen LogP contribution >= 0.6 is 0 Å². The monoisotopic (exact) mass is 299 g/mol. The fourth-order valence-corrected chi connectivity index (χ4v) is 8.00. The van der Waals surface area contributed by atoms with Gasteiger partial charge in [0.15, 0.2) is 8.24 Å². The van der Waals surface area contributed by atoms with Crippen molar-refractivity contribution < 1.29 is 5.11 Å². The fraction of sp³-hybridized carbons (Fsp3) is 0.333. The van der Waals surface area contributed by atoms with Gasteiger partial charge in [-0.3, -0.25) is 0 Å². The largest absolute Gasteiger partial charge is 0.395 e. The molecule has 0 saturated carbocycles. The van der Waals surface area contributed by atoms with Crippen molar-refractivity contribution in [2.45, 2.75) is 25.8 Å². The SMILES string of the molecule is CC(C)(C)[Si](NCCO)(c1ccccc1)c1ccccc1. The standard InChI is InChI=1S/C18H25NOSi/c1-18(2,3)21(19-14-15-20,16-10-6-4-7-11-16)17-12-8-5-9-13-17/h4-13,19-20H,14-15H2,1-3H3. The highest BCUT2D eigenvalue weighted by molar-refractivity contribution is 7.02. The summed E-state index contributed by atoms with van der Waals surface area (Å²) in [5.41, 5.74) is 0. The zero-order valence-corrected chi connectivity index (χ0v) is 14.1. The molecule has 112 valence electrons. The Labute approximate surface area is 128 Å². The van der Waals surface area contributed by atoms with E-state index in [9.17, 15) is 5.11 Å². The van der Waals surface area contributed by atoms with Crippen LogP contribution in [0.3, 0.4) is 0 Å². The second-order valence-electron chi connectivity index (χ2n) is 6.38. The minimum absolute atomic E-state index is 0.0882. The van der Waals surface area contributed by atoms with Crippen LogP contribution < -0.4 is 15.4 Å². The molecule has 3 heteroatoms. The van der Waals surface area contributed by atoms with Crippen molar-refractivity contribution in [2.75, 3.05) is 13.2 Å². The summed E-state index contributed by atoms with van der Waals surface area (Å²) in [6.45, 7) is 7.66. The first-order chi connectivity index (χ1) is 10.0. The number of aliphatic hydroxyl groups excluding tert-OH is 1. The number of nitrogens with one attached hydrogen (secondary N) is 1. The van der Waals surface area contributed by atoms with Crippen LogP contribution in [0.4, 0.5) is 0 Å². The maximum absolute atomic E-state index is 9.35. The Morgan fingerprint density at radius 3 is 1.62 bits per heavy atom. The molecule has 0 bridgehead atoms. The van der Waals surface area contributed by atoms with Crippen molar-refractivity contribution in [3.05, 3.63) is 60.7 Å². The average molecular weight is 299 g/mol. The molecule has 2 nitrogen and oxygen atoms in total. The van der Waals surface area contributed by atoms with Crippen molar-refractivity contribution in [1.29, 1.82) is 0 Å². The van der Waals surface area contributed by atoms with Gasteiger partial charge in [0.05, 0.1) is 6.61 Å². The Bertz CT molecular complexity index is 509. The molecule has 0 saturated heterocycles. The second kappa shape index (κ2) is 6.56. The quantitative estimate of drug-likeness (QED) is 0.829. The third-order valence-electron chi connectivity index (χ3n) is 4.04. The summed E-state index contributed by atoms with van der Waals surface area (Å²) in [4.78, 5) is 3.74. The van der Waals surface area contributed by atoms with E-state index in [1.165, 1.54) is 10.4 Å². The minimum Gasteiger partial charge on any atom is -0.395 e. The van der Waals surface area contributed by atoms with E-state index in [-0.39, 0.29) is 11.6 Å². The van der Waals surface area contributed by atoms with Crippen LogP contribution in [0.1, 0.15) is 20.8 Å². The summed E-state index contributed by atoms with van der Waals surface area (Å²) in [7, 11) is -2.18. The first kappa shape index (κ1) is 16.0. The lowest BCUT2D eigenvalue weighted by atomic mass is 10.2. The topological polar surface area (TPSA) is 32.3 Å². The van der Waals surface area contributed by atoms with Crippen LogP contribution in [0.15, 0.2) is 60.7 Å². The highest BCUT2D eigenvalue weighted by atomic mass is 28.3. The number of benzene rings is 2. The molecule has 0 heterocycles. The Kier molecular flexibility index (Phi) is 4.98. The molecule has 0 atom stereocenters. The van der Waals surface area contributed by atoms with E-state index in [1.54, 1.807) is 0 Å². The molecule has 2 aromatic carbocycles. The van der Waals surface area contributed by atoms with Gasteiger partial charge in [-0.05, 0) is 15.4 Å². The smallest absolute Gasteiger partial charge is 0.195 e. The van der Waals surface area contributed by atoms with Gasteiger partial charge in [0, 0.05) is 6.54 Å². The Balaban J connectivity index is 2.66. The maximum Gasteiger partial charge on any atom is 0.195 e. The summed E-state index contributed by atoms with van der Waals surface area (Å²) in [6, 6.07) is 21.4. The van der Waals surface area contributed by atoms with E-state index in [4.69, 9.17) is 0 Å². The first-order valence-corrected chi connectivity index (χ1v) is 9.49. The molecule has 0 aliphatic heterocycles. The third kappa shape index (κ3) is 3.10. The molecule has 2 rings (SSSR count). The van der Waals surface area contributed by atoms with Crippen LogP contribution in [-0.2, 0) is 0 Å². The van der Waals surface area contributed by atoms with Crippen molar-refractivity contribution >= 4 is 18.6 Å². The van der Waals surface area contributed by atoms with Gasteiger partial charge in [-0.1, -0.05) is 81.4 Å². The van der Waals surface area contributed by atoms with Crippen molar-refractivity contribution in [2.24, 2.45) is 0 Å². The zero-order valence-electron chi connectivity index (χ0n) is 13.1. The summed E-state index contributed by atoms with van der Waals surface area (Å²) >= 11 is 0. The van der Waals surface area contributed by atoms with Crippen LogP contribution in [-0.4, -0.2) is 26.5 Å². The van der Waals surface area contributed by atoms with E-state index in [1.807, 2.05) is 0 Å². The van der Waals surface area contributed by atoms with Crippen LogP contribution in [0.2, 0.25) is 5.04 Å². The molecule has 0 spiro atoms. The number of rotatable bonds is 5. The lowest BCUT2D eigenvalue weighted by Gasteiger charge is -2.44. The predicted octanol–water partition coefficient (Wildman–Crippen LogP) is 2.13. The number of hydrogen-bond acceptors (Lipinski definition) is 2. The van der Waals surface area contributed by atoms with Crippen molar-refractivity contribution in [3.8, 4) is 0 Å². The first-order valence-electron chi connectivity index (χ1n) is 7.49. The van der Waals surface area contributed by atoms with Crippen molar-refractivity contribution in [3.63, 3.8) is 0 Å². The summed E-state index contributed by atoms with van der Waals surface area (Å²) in [6.07, 6.45) is 0. The predicted molar refractivity (Wildman–Crippen MR) is 92.7 cm³/mol. The van der Waals surface area contributed by atoms with Crippen LogP contribution in [0.5, 0.6) is 0 Å². The third-order valence-corrected chi connectivity index (χ3v) is 9.47. The molecule has 0 radical (unpaired) electrons. The Morgan fingerprint density at radius 2 is 1.29 bits per heavy atom. The summed E-state index contributed by atoms with van der Waals surface area (Å²) in [5.74, 6) is 0. The fourth-order valence-electron chi connectivity index (χ4n) is 3.12. The van der Waals surface area contributed by atoms with E-state index in [2.05, 4.69) is 86.4 Å². The molecular formula is C18H25NOSi. The normalized spacial score (nSPS) is 12.4. The van der Waals surface area contributed by atoms with Crippen LogP contribution in [0.25, 0.3) is 0 Å². The molecule has 0 aromatic heterocycles. The molecule has 0 aliphatic carbocycles. The van der Waals surface area contributed by atoms with Gasteiger partial charge in [-0.15, -0.1) is 0 Å². The second-order valence-corrected chi connectivity index (χ2v) is 10.9. The summed E-state index contributed by atoms with van der Waals surface area (Å²) < 4.78 is 0. The zero-order chi connectivity index (χ0) is 15.3. The van der Waals surface area contributed by atoms with Gasteiger partial charge in [-0.2, -0.15) is 0 Å². The molecule has 0 unspecified atom stereocenters. The van der Waals surface area contributed by atoms with Gasteiger partial charge < -0.3 is 10.1 Å². The molecule has 2 aromatic rings. The van der Waals surface area contributed by atoms with Gasteiger partial charge in [0.1, 0.15) is 0 Å². The van der Waals surface area contributed by atoms with Gasteiger partial charge in [0.2, 0.25) is 0 Å². The average Bonchev–Trinajstić information content (AvgIpc) is 2.49. The molecular weight excluding hydrogens is 274 g/mol. The van der Waals surface area contributed by atoms with Gasteiger partial charge >= 0.3 is 0 Å². The van der Waals surface area contributed by atoms with Gasteiger partial charge in [-0.25, -0.2) is 0 Å². The van der Waals surface area contributed by atoms with Crippen LogP contribution in [0, 0.1) is 0 Å². The lowest BCUT2D eigenvalue weighted by Crippen LogP contribution is -2.74. The number of aliphatic hydroxyl groups is 1. The molecule has 21 heavy (non-hydrogen) atoms. The van der Waals surface area contributed by atoms with E-state index in [0.29, 0.717) is 6.54 Å². The van der Waals surface area contributed by atoms with E-state index >= 15 is 0 Å². The lowest BCUT2D eigenvalue weighted by molar-refractivity contribution is 0.300. The number of hydrogen-bond donors (Lipinski definition) is 2. The molecule has 0 fully saturated rings. The highest BCUT2D eigenvalue weighted by Gasteiger charge is 2.47.